The van der Waals surface area contributed by atoms with Crippen molar-refractivity contribution < 1.29 is 8.42 Å². The monoisotopic (exact) mass is 380 g/mol. The molecule has 0 radical (unpaired) electrons. The fraction of sp³-hybridized carbons (Fsp3) is 0.600. The van der Waals surface area contributed by atoms with Crippen LogP contribution in [0.1, 0.15) is 30.4 Å². The van der Waals surface area contributed by atoms with Crippen molar-refractivity contribution in [2.75, 3.05) is 13.1 Å². The third-order valence-corrected chi connectivity index (χ3v) is 6.77. The van der Waals surface area contributed by atoms with Crippen molar-refractivity contribution in [1.29, 1.82) is 0 Å². The van der Waals surface area contributed by atoms with E-state index in [1.165, 1.54) is 18.4 Å². The first kappa shape index (κ1) is 17.2. The quantitative estimate of drug-likeness (QED) is 0.661. The molecule has 1 aliphatic heterocycles. The zero-order valence-corrected chi connectivity index (χ0v) is 15.4. The Morgan fingerprint density at radius 1 is 1.12 bits per heavy atom. The molecule has 26 heavy (non-hydrogen) atoms. The van der Waals surface area contributed by atoms with E-state index in [9.17, 15) is 18.0 Å². The fourth-order valence-corrected chi connectivity index (χ4v) is 4.73. The molecule has 0 atom stereocenters. The van der Waals surface area contributed by atoms with Gasteiger partial charge in [0.25, 0.3) is 5.56 Å². The van der Waals surface area contributed by atoms with Gasteiger partial charge in [0, 0.05) is 45.7 Å². The lowest BCUT2D eigenvalue weighted by molar-refractivity contribution is 0.406. The van der Waals surface area contributed by atoms with Crippen molar-refractivity contribution in [3.63, 3.8) is 0 Å². The van der Waals surface area contributed by atoms with Crippen LogP contribution in [0, 0.1) is 0 Å². The zero-order chi connectivity index (χ0) is 18.6. The van der Waals surface area contributed by atoms with Crippen molar-refractivity contribution in [1.82, 2.24) is 28.2 Å². The van der Waals surface area contributed by atoms with Crippen LogP contribution in [0.2, 0.25) is 0 Å². The van der Waals surface area contributed by atoms with Crippen molar-refractivity contribution in [3.8, 4) is 0 Å². The van der Waals surface area contributed by atoms with Gasteiger partial charge in [-0.15, -0.1) is 0 Å². The first-order valence-corrected chi connectivity index (χ1v) is 9.93. The van der Waals surface area contributed by atoms with Gasteiger partial charge in [0.05, 0.1) is 6.54 Å². The summed E-state index contributed by atoms with van der Waals surface area (Å²) < 4.78 is 30.9. The first-order valence-electron chi connectivity index (χ1n) is 8.49. The van der Waals surface area contributed by atoms with Gasteiger partial charge in [-0.25, -0.2) is 22.9 Å². The Labute approximate surface area is 149 Å². The van der Waals surface area contributed by atoms with Gasteiger partial charge in [0.15, 0.2) is 10.7 Å². The molecule has 1 aliphatic carbocycles. The number of fused-ring (bicyclic) bond motifs is 1. The molecular weight excluding hydrogens is 360 g/mol. The highest BCUT2D eigenvalue weighted by Crippen LogP contribution is 2.38. The Bertz CT molecular complexity index is 1070. The van der Waals surface area contributed by atoms with E-state index in [4.69, 9.17) is 0 Å². The number of hydrogen-bond donors (Lipinski definition) is 0. The second-order valence-electron chi connectivity index (χ2n) is 6.79. The van der Waals surface area contributed by atoms with Gasteiger partial charge in [0.2, 0.25) is 10.0 Å². The van der Waals surface area contributed by atoms with E-state index in [1.54, 1.807) is 4.68 Å². The number of aryl methyl sites for hydroxylation is 1. The van der Waals surface area contributed by atoms with E-state index >= 15 is 0 Å². The lowest BCUT2D eigenvalue weighted by Gasteiger charge is -2.19. The molecule has 4 rings (SSSR count). The maximum Gasteiger partial charge on any atom is 0.330 e. The summed E-state index contributed by atoms with van der Waals surface area (Å²) in [6.45, 7) is 0.812. The molecule has 0 bridgehead atoms. The van der Waals surface area contributed by atoms with Gasteiger partial charge in [-0.05, 0) is 12.8 Å². The predicted molar refractivity (Wildman–Crippen MR) is 91.4 cm³/mol. The van der Waals surface area contributed by atoms with Crippen LogP contribution < -0.4 is 11.2 Å². The van der Waals surface area contributed by atoms with Crippen molar-refractivity contribution in [3.05, 3.63) is 38.7 Å². The molecule has 0 N–H and O–H groups in total. The summed E-state index contributed by atoms with van der Waals surface area (Å²) in [4.78, 5) is 28.3. The Morgan fingerprint density at radius 2 is 1.85 bits per heavy atom. The SMILES string of the molecule is Cn1cc(S(=O)(=O)N2CCc3nc(C4CC4)nn3CC2)c(=O)n(C)c1=O. The van der Waals surface area contributed by atoms with E-state index in [1.807, 2.05) is 0 Å². The number of nitrogens with zero attached hydrogens (tertiary/aromatic N) is 6. The topological polar surface area (TPSA) is 112 Å². The molecule has 2 aliphatic rings. The zero-order valence-electron chi connectivity index (χ0n) is 14.6. The fourth-order valence-electron chi connectivity index (χ4n) is 3.15. The molecule has 0 saturated heterocycles. The third kappa shape index (κ3) is 2.71. The average molecular weight is 380 g/mol. The highest BCUT2D eigenvalue weighted by molar-refractivity contribution is 7.89. The molecule has 0 aromatic carbocycles. The molecule has 1 fully saturated rings. The highest BCUT2D eigenvalue weighted by atomic mass is 32.2. The molecule has 140 valence electrons. The summed E-state index contributed by atoms with van der Waals surface area (Å²) in [6.07, 6.45) is 3.75. The Morgan fingerprint density at radius 3 is 2.54 bits per heavy atom. The third-order valence-electron chi connectivity index (χ3n) is 4.89. The van der Waals surface area contributed by atoms with E-state index in [0.29, 0.717) is 18.9 Å². The molecule has 2 aromatic rings. The second-order valence-corrected chi connectivity index (χ2v) is 8.70. The Hall–Kier alpha value is -2.27. The van der Waals surface area contributed by atoms with Crippen LogP contribution in [0.3, 0.4) is 0 Å². The van der Waals surface area contributed by atoms with Crippen LogP contribution in [-0.2, 0) is 37.1 Å². The molecule has 0 unspecified atom stereocenters. The summed E-state index contributed by atoms with van der Waals surface area (Å²) in [6, 6.07) is 0. The summed E-state index contributed by atoms with van der Waals surface area (Å²) in [7, 11) is -1.33. The van der Waals surface area contributed by atoms with Crippen LogP contribution in [0.15, 0.2) is 20.7 Å². The molecule has 0 amide bonds. The molecule has 2 aromatic heterocycles. The standard InChI is InChI=1S/C15H20N6O4S/c1-18-9-11(14(22)19(2)15(18)23)26(24,25)20-6-5-12-16-13(10-3-4-10)17-21(12)8-7-20/h9-10H,3-8H2,1-2H3. The summed E-state index contributed by atoms with van der Waals surface area (Å²) in [5.74, 6) is 2.07. The maximum atomic E-state index is 13.0. The highest BCUT2D eigenvalue weighted by Gasteiger charge is 2.33. The van der Waals surface area contributed by atoms with Crippen LogP contribution >= 0.6 is 0 Å². The normalized spacial score (nSPS) is 18.5. The van der Waals surface area contributed by atoms with Gasteiger partial charge >= 0.3 is 5.69 Å². The maximum absolute atomic E-state index is 13.0. The van der Waals surface area contributed by atoms with Gasteiger partial charge in [-0.3, -0.25) is 9.36 Å². The average Bonchev–Trinajstić information content (AvgIpc) is 3.40. The van der Waals surface area contributed by atoms with Crippen molar-refractivity contribution >= 4 is 10.0 Å². The molecule has 3 heterocycles. The number of hydrogen-bond acceptors (Lipinski definition) is 6. The molecule has 11 heteroatoms. The first-order chi connectivity index (χ1) is 12.3. The smallest absolute Gasteiger partial charge is 0.302 e. The van der Waals surface area contributed by atoms with E-state index < -0.39 is 26.2 Å². The Balaban J connectivity index is 1.64. The summed E-state index contributed by atoms with van der Waals surface area (Å²) in [5.41, 5.74) is -1.38. The van der Waals surface area contributed by atoms with E-state index in [0.717, 1.165) is 39.8 Å². The minimum Gasteiger partial charge on any atom is -0.302 e. The molecule has 0 spiro atoms. The van der Waals surface area contributed by atoms with Gasteiger partial charge in [0.1, 0.15) is 5.82 Å². The van der Waals surface area contributed by atoms with Crippen LogP contribution in [-0.4, -0.2) is 49.7 Å². The Kier molecular flexibility index (Phi) is 3.88. The van der Waals surface area contributed by atoms with Crippen LogP contribution in [0.5, 0.6) is 0 Å². The predicted octanol–water partition coefficient (Wildman–Crippen LogP) is -1.20. The number of aromatic nitrogens is 5. The van der Waals surface area contributed by atoms with E-state index in [2.05, 4.69) is 10.1 Å². The molecular formula is C15H20N6O4S. The summed E-state index contributed by atoms with van der Waals surface area (Å²) >= 11 is 0. The van der Waals surface area contributed by atoms with Gasteiger partial charge in [-0.2, -0.15) is 9.40 Å². The second kappa shape index (κ2) is 5.88. The minimum atomic E-state index is -4.02. The van der Waals surface area contributed by atoms with E-state index in [-0.39, 0.29) is 13.1 Å². The lowest BCUT2D eigenvalue weighted by atomic mass is 10.4. The van der Waals surface area contributed by atoms with Crippen molar-refractivity contribution in [2.24, 2.45) is 14.1 Å². The minimum absolute atomic E-state index is 0.203. The number of rotatable bonds is 3. The van der Waals surface area contributed by atoms with Crippen LogP contribution in [0.4, 0.5) is 0 Å². The van der Waals surface area contributed by atoms with Gasteiger partial charge in [-0.1, -0.05) is 0 Å². The van der Waals surface area contributed by atoms with Crippen LogP contribution in [0.25, 0.3) is 0 Å². The summed E-state index contributed by atoms with van der Waals surface area (Å²) in [5, 5.41) is 4.49. The number of sulfonamides is 1. The largest absolute Gasteiger partial charge is 0.330 e. The van der Waals surface area contributed by atoms with Gasteiger partial charge < -0.3 is 4.57 Å². The lowest BCUT2D eigenvalue weighted by Crippen LogP contribution is -2.43. The molecule has 1 saturated carbocycles. The van der Waals surface area contributed by atoms with Crippen molar-refractivity contribution in [2.45, 2.75) is 36.6 Å². The molecule has 10 nitrogen and oxygen atoms in total.